The van der Waals surface area contributed by atoms with Gasteiger partial charge in [0.15, 0.2) is 0 Å². The highest BCUT2D eigenvalue weighted by Gasteiger charge is 2.69. The van der Waals surface area contributed by atoms with Gasteiger partial charge in [-0.3, -0.25) is 24.3 Å². The summed E-state index contributed by atoms with van der Waals surface area (Å²) in [7, 11) is 0. The molecule has 37 heavy (non-hydrogen) atoms. The monoisotopic (exact) mass is 490 g/mol. The Morgan fingerprint density at radius 3 is 2.38 bits per heavy atom. The van der Waals surface area contributed by atoms with Gasteiger partial charge in [-0.15, -0.1) is 0 Å². The number of carbonyl (C=O) groups excluding carboxylic acids is 2. The maximum Gasteiger partial charge on any atom is 0.266 e. The molecule has 0 radical (unpaired) electrons. The third-order valence-electron chi connectivity index (χ3n) is 8.10. The highest BCUT2D eigenvalue weighted by atomic mass is 16.2. The van der Waals surface area contributed by atoms with Crippen LogP contribution in [0.25, 0.3) is 16.6 Å². The first-order valence-electron chi connectivity index (χ1n) is 12.8. The van der Waals surface area contributed by atoms with Gasteiger partial charge in [0, 0.05) is 11.6 Å². The molecule has 0 saturated carbocycles. The maximum absolute atomic E-state index is 14.3. The van der Waals surface area contributed by atoms with E-state index in [1.54, 1.807) is 22.8 Å². The number of rotatable bonds is 3. The lowest BCUT2D eigenvalue weighted by Gasteiger charge is -2.32. The van der Waals surface area contributed by atoms with Crippen LogP contribution in [0.15, 0.2) is 83.7 Å². The Morgan fingerprint density at radius 2 is 1.59 bits per heavy atom. The van der Waals surface area contributed by atoms with Gasteiger partial charge in [0.25, 0.3) is 5.56 Å². The third kappa shape index (κ3) is 2.80. The van der Waals surface area contributed by atoms with Crippen molar-refractivity contribution < 1.29 is 9.59 Å². The van der Waals surface area contributed by atoms with Gasteiger partial charge in [-0.2, -0.15) is 0 Å². The van der Waals surface area contributed by atoms with Gasteiger partial charge in [0.05, 0.1) is 34.1 Å². The number of amides is 2. The molecule has 0 bridgehead atoms. The van der Waals surface area contributed by atoms with Crippen LogP contribution in [0.1, 0.15) is 31.7 Å². The van der Waals surface area contributed by atoms with E-state index in [2.05, 4.69) is 19.2 Å². The highest BCUT2D eigenvalue weighted by Crippen LogP contribution is 2.56. The Bertz CT molecular complexity index is 1660. The Labute approximate surface area is 213 Å². The molecule has 7 rings (SSSR count). The van der Waals surface area contributed by atoms with Crippen LogP contribution in [0.4, 0.5) is 5.69 Å². The van der Waals surface area contributed by atoms with Crippen LogP contribution in [0.2, 0.25) is 0 Å². The van der Waals surface area contributed by atoms with Gasteiger partial charge in [0.1, 0.15) is 11.4 Å². The average Bonchev–Trinajstić information content (AvgIpc) is 3.47. The van der Waals surface area contributed by atoms with Crippen molar-refractivity contribution in [1.29, 1.82) is 0 Å². The van der Waals surface area contributed by atoms with E-state index in [-0.39, 0.29) is 23.4 Å². The number of hydrogen-bond donors (Lipinski definition) is 1. The van der Waals surface area contributed by atoms with E-state index in [1.165, 1.54) is 4.90 Å². The van der Waals surface area contributed by atoms with Gasteiger partial charge in [-0.1, -0.05) is 62.4 Å². The number of benzene rings is 3. The number of para-hydroxylation sites is 3. The molecular formula is C30H26N4O3. The zero-order valence-electron chi connectivity index (χ0n) is 20.6. The van der Waals surface area contributed by atoms with Crippen LogP contribution in [0, 0.1) is 17.8 Å². The molecule has 4 atom stereocenters. The first-order valence-corrected chi connectivity index (χ1v) is 12.8. The van der Waals surface area contributed by atoms with Gasteiger partial charge in [0.2, 0.25) is 11.8 Å². The number of fused-ring (bicyclic) bond motifs is 8. The van der Waals surface area contributed by atoms with Gasteiger partial charge < -0.3 is 0 Å². The van der Waals surface area contributed by atoms with Crippen molar-refractivity contribution in [2.45, 2.75) is 31.8 Å². The van der Waals surface area contributed by atoms with E-state index >= 15 is 0 Å². The summed E-state index contributed by atoms with van der Waals surface area (Å²) >= 11 is 0. The number of anilines is 1. The maximum atomic E-state index is 14.3. The number of aromatic nitrogens is 2. The molecule has 3 aromatic carbocycles. The second-order valence-electron chi connectivity index (χ2n) is 10.6. The summed E-state index contributed by atoms with van der Waals surface area (Å²) in [5, 5.41) is 4.27. The first-order chi connectivity index (χ1) is 17.9. The Kier molecular flexibility index (Phi) is 4.60. The summed E-state index contributed by atoms with van der Waals surface area (Å²) in [6.07, 6.45) is 0.713. The zero-order chi connectivity index (χ0) is 25.5. The molecule has 2 fully saturated rings. The fraction of sp³-hybridized carbons (Fsp3) is 0.267. The van der Waals surface area contributed by atoms with Crippen molar-refractivity contribution in [3.8, 4) is 5.69 Å². The van der Waals surface area contributed by atoms with Crippen molar-refractivity contribution in [2.24, 2.45) is 17.8 Å². The Morgan fingerprint density at radius 1 is 0.892 bits per heavy atom. The van der Waals surface area contributed by atoms with E-state index < -0.39 is 17.4 Å². The molecule has 1 N–H and O–H groups in total. The summed E-state index contributed by atoms with van der Waals surface area (Å²) in [6.45, 7) is 4.23. The predicted molar refractivity (Wildman–Crippen MR) is 140 cm³/mol. The largest absolute Gasteiger partial charge is 0.297 e. The molecule has 3 aliphatic heterocycles. The fourth-order valence-electron chi connectivity index (χ4n) is 6.76. The second kappa shape index (κ2) is 7.70. The lowest BCUT2D eigenvalue weighted by Crippen LogP contribution is -2.50. The van der Waals surface area contributed by atoms with Crippen molar-refractivity contribution >= 4 is 28.4 Å². The van der Waals surface area contributed by atoms with Crippen LogP contribution in [-0.2, 0) is 15.1 Å². The van der Waals surface area contributed by atoms with E-state index in [4.69, 9.17) is 4.98 Å². The smallest absolute Gasteiger partial charge is 0.266 e. The second-order valence-corrected chi connectivity index (χ2v) is 10.6. The van der Waals surface area contributed by atoms with E-state index in [1.807, 2.05) is 60.7 Å². The predicted octanol–water partition coefficient (Wildman–Crippen LogP) is 3.77. The molecule has 2 saturated heterocycles. The number of nitrogens with one attached hydrogen (secondary N) is 1. The molecule has 7 nitrogen and oxygen atoms in total. The van der Waals surface area contributed by atoms with E-state index in [9.17, 15) is 14.4 Å². The summed E-state index contributed by atoms with van der Waals surface area (Å²) in [4.78, 5) is 48.5. The minimum absolute atomic E-state index is 0.174. The third-order valence-corrected chi connectivity index (χ3v) is 8.10. The molecule has 3 aliphatic rings. The lowest BCUT2D eigenvalue weighted by atomic mass is 9.75. The fourth-order valence-corrected chi connectivity index (χ4v) is 6.76. The van der Waals surface area contributed by atoms with Crippen LogP contribution < -0.4 is 15.8 Å². The first kappa shape index (κ1) is 22.1. The topological polar surface area (TPSA) is 84.3 Å². The summed E-state index contributed by atoms with van der Waals surface area (Å²) in [6, 6.07) is 23.8. The van der Waals surface area contributed by atoms with Crippen LogP contribution in [0.3, 0.4) is 0 Å². The average molecular weight is 491 g/mol. The van der Waals surface area contributed by atoms with Gasteiger partial charge in [-0.25, -0.2) is 9.88 Å². The summed E-state index contributed by atoms with van der Waals surface area (Å²) in [5.74, 6) is -0.981. The van der Waals surface area contributed by atoms with Crippen molar-refractivity contribution in [3.05, 3.63) is 101 Å². The molecule has 0 aliphatic carbocycles. The minimum Gasteiger partial charge on any atom is -0.297 e. The molecule has 4 heterocycles. The van der Waals surface area contributed by atoms with E-state index in [0.29, 0.717) is 40.4 Å². The highest BCUT2D eigenvalue weighted by molar-refractivity contribution is 6.23. The quantitative estimate of drug-likeness (QED) is 0.442. The van der Waals surface area contributed by atoms with Gasteiger partial charge >= 0.3 is 0 Å². The zero-order valence-corrected chi connectivity index (χ0v) is 20.6. The van der Waals surface area contributed by atoms with Crippen LogP contribution in [-0.4, -0.2) is 27.4 Å². The van der Waals surface area contributed by atoms with Crippen molar-refractivity contribution in [3.63, 3.8) is 0 Å². The standard InChI is InChI=1S/C30H26N4O3/c1-17(2)16-22-24-25(28(37)33(27(24)36)18-10-4-3-5-11-18)30(32-22)20-13-7-9-15-23(20)34-26(35)19-12-6-8-14-21(19)31-29(30)34/h3-15,17,22,24-25,32H,16H2,1-2H3/t22-,24+,25+,30-/m0/s1. The summed E-state index contributed by atoms with van der Waals surface area (Å²) in [5.41, 5.74) is 1.39. The van der Waals surface area contributed by atoms with Crippen molar-refractivity contribution in [2.75, 3.05) is 4.90 Å². The molecular weight excluding hydrogens is 464 g/mol. The molecule has 1 aromatic heterocycles. The Balaban J connectivity index is 1.53. The minimum atomic E-state index is -1.10. The number of hydrogen-bond acceptors (Lipinski definition) is 5. The Hall–Kier alpha value is -4.10. The van der Waals surface area contributed by atoms with Crippen LogP contribution >= 0.6 is 0 Å². The molecule has 184 valence electrons. The molecule has 2 amide bonds. The normalized spacial score (nSPS) is 25.8. The van der Waals surface area contributed by atoms with E-state index in [0.717, 1.165) is 5.56 Å². The van der Waals surface area contributed by atoms with Gasteiger partial charge in [-0.05, 0) is 42.7 Å². The molecule has 1 spiro atoms. The molecule has 4 aromatic rings. The summed E-state index contributed by atoms with van der Waals surface area (Å²) < 4.78 is 1.64. The SMILES string of the molecule is CC(C)C[C@@H]1N[C@@]2(c3ccccc3-n3c2nc2ccccc2c3=O)[C@H]2C(=O)N(c3ccccc3)C(=O)[C@H]12. The van der Waals surface area contributed by atoms with Crippen molar-refractivity contribution in [1.82, 2.24) is 14.9 Å². The lowest BCUT2D eigenvalue weighted by molar-refractivity contribution is -0.123. The number of imide groups is 1. The molecule has 0 unspecified atom stereocenters. The number of carbonyl (C=O) groups is 2. The number of nitrogens with zero attached hydrogens (tertiary/aromatic N) is 3. The van der Waals surface area contributed by atoms with Crippen LogP contribution in [0.5, 0.6) is 0 Å². The molecule has 7 heteroatoms.